The van der Waals surface area contributed by atoms with E-state index < -0.39 is 17.6 Å². The van der Waals surface area contributed by atoms with E-state index in [9.17, 15) is 18.0 Å². The summed E-state index contributed by atoms with van der Waals surface area (Å²) in [4.78, 5) is 16.5. The Hall–Kier alpha value is -2.32. The van der Waals surface area contributed by atoms with Crippen LogP contribution in [0.15, 0.2) is 36.4 Å². The maximum atomic E-state index is 12.8. The number of nitrogens with zero attached hydrogens (tertiary/aromatic N) is 1. The molecule has 130 valence electrons. The van der Waals surface area contributed by atoms with Crippen LogP contribution < -0.4 is 10.1 Å². The Bertz CT molecular complexity index is 956. The Balaban J connectivity index is 1.91. The predicted octanol–water partition coefficient (Wildman–Crippen LogP) is 5.23. The van der Waals surface area contributed by atoms with E-state index >= 15 is 0 Å². The molecule has 0 saturated carbocycles. The minimum atomic E-state index is -4.52. The molecule has 25 heavy (non-hydrogen) atoms. The molecular formula is C16H10ClF3N2O2S. The van der Waals surface area contributed by atoms with Crippen LogP contribution in [0.2, 0.25) is 5.02 Å². The van der Waals surface area contributed by atoms with Crippen LogP contribution in [0.1, 0.15) is 15.9 Å². The van der Waals surface area contributed by atoms with Gasteiger partial charge in [-0.1, -0.05) is 29.0 Å². The molecule has 0 aliphatic rings. The fraction of sp³-hybridized carbons (Fsp3) is 0.125. The fourth-order valence-electron chi connectivity index (χ4n) is 2.18. The van der Waals surface area contributed by atoms with Crippen LogP contribution in [-0.4, -0.2) is 18.0 Å². The van der Waals surface area contributed by atoms with E-state index in [0.717, 1.165) is 23.5 Å². The number of rotatable bonds is 3. The van der Waals surface area contributed by atoms with Crippen LogP contribution in [0.3, 0.4) is 0 Å². The first-order valence-corrected chi connectivity index (χ1v) is 8.10. The summed E-state index contributed by atoms with van der Waals surface area (Å²) in [7, 11) is 1.48. The van der Waals surface area contributed by atoms with E-state index in [4.69, 9.17) is 16.3 Å². The molecule has 0 spiro atoms. The van der Waals surface area contributed by atoms with Crippen molar-refractivity contribution in [2.75, 3.05) is 12.4 Å². The van der Waals surface area contributed by atoms with Gasteiger partial charge in [-0.05, 0) is 30.3 Å². The smallest absolute Gasteiger partial charge is 0.416 e. The van der Waals surface area contributed by atoms with Crippen LogP contribution >= 0.6 is 22.9 Å². The average molecular weight is 387 g/mol. The number of halogens is 4. The first kappa shape index (κ1) is 17.5. The van der Waals surface area contributed by atoms with E-state index in [1.54, 1.807) is 12.1 Å². The lowest BCUT2D eigenvalue weighted by molar-refractivity contribution is -0.137. The third-order valence-corrected chi connectivity index (χ3v) is 4.78. The number of amides is 1. The van der Waals surface area contributed by atoms with Crippen LogP contribution in [0, 0.1) is 0 Å². The Morgan fingerprint density at radius 1 is 1.28 bits per heavy atom. The molecule has 0 radical (unpaired) electrons. The van der Waals surface area contributed by atoms with Crippen LogP contribution in [-0.2, 0) is 6.18 Å². The molecule has 1 N–H and O–H groups in total. The third kappa shape index (κ3) is 3.54. The molecule has 1 heterocycles. The van der Waals surface area contributed by atoms with Crippen molar-refractivity contribution in [3.8, 4) is 5.75 Å². The minimum absolute atomic E-state index is 0.118. The van der Waals surface area contributed by atoms with Crippen molar-refractivity contribution < 1.29 is 22.7 Å². The number of alkyl halides is 3. The molecule has 9 heteroatoms. The quantitative estimate of drug-likeness (QED) is 0.670. The van der Waals surface area contributed by atoms with E-state index in [2.05, 4.69) is 10.3 Å². The summed E-state index contributed by atoms with van der Waals surface area (Å²) in [6.45, 7) is 0. The topological polar surface area (TPSA) is 51.2 Å². The van der Waals surface area contributed by atoms with Gasteiger partial charge in [-0.2, -0.15) is 13.2 Å². The number of hydrogen-bond donors (Lipinski definition) is 1. The lowest BCUT2D eigenvalue weighted by Gasteiger charge is -2.08. The summed E-state index contributed by atoms with van der Waals surface area (Å²) in [5, 5.41) is 3.14. The monoisotopic (exact) mass is 386 g/mol. The number of aromatic nitrogens is 1. The summed E-state index contributed by atoms with van der Waals surface area (Å²) < 4.78 is 44.1. The normalized spacial score (nSPS) is 11.6. The molecule has 0 bridgehead atoms. The highest BCUT2D eigenvalue weighted by Crippen LogP contribution is 2.37. The number of thiazole rings is 1. The second-order valence-electron chi connectivity index (χ2n) is 4.98. The summed E-state index contributed by atoms with van der Waals surface area (Å²) in [6.07, 6.45) is -4.52. The molecule has 1 aromatic heterocycles. The zero-order valence-electron chi connectivity index (χ0n) is 12.6. The molecule has 2 aromatic carbocycles. The average Bonchev–Trinajstić information content (AvgIpc) is 2.99. The van der Waals surface area contributed by atoms with Crippen molar-refractivity contribution in [1.82, 2.24) is 4.98 Å². The molecule has 0 fully saturated rings. The molecule has 1 amide bonds. The van der Waals surface area contributed by atoms with E-state index in [1.165, 1.54) is 19.2 Å². The summed E-state index contributed by atoms with van der Waals surface area (Å²) in [6, 6.07) is 7.44. The molecule has 4 nitrogen and oxygen atoms in total. The summed E-state index contributed by atoms with van der Waals surface area (Å²) >= 11 is 7.21. The van der Waals surface area contributed by atoms with Gasteiger partial charge in [0, 0.05) is 5.56 Å². The van der Waals surface area contributed by atoms with Crippen molar-refractivity contribution in [3.63, 3.8) is 0 Å². The number of ether oxygens (including phenoxy) is 1. The van der Waals surface area contributed by atoms with Gasteiger partial charge in [0.25, 0.3) is 5.91 Å². The van der Waals surface area contributed by atoms with Crippen molar-refractivity contribution in [2.24, 2.45) is 0 Å². The van der Waals surface area contributed by atoms with Gasteiger partial charge in [-0.3, -0.25) is 10.1 Å². The van der Waals surface area contributed by atoms with Crippen molar-refractivity contribution in [3.05, 3.63) is 52.5 Å². The van der Waals surface area contributed by atoms with Gasteiger partial charge in [0.2, 0.25) is 0 Å². The summed E-state index contributed by atoms with van der Waals surface area (Å²) in [5.74, 6) is -0.213. The number of fused-ring (bicyclic) bond motifs is 1. The fourth-order valence-corrected chi connectivity index (χ4v) is 3.33. The van der Waals surface area contributed by atoms with Gasteiger partial charge < -0.3 is 4.74 Å². The molecule has 0 unspecified atom stereocenters. The van der Waals surface area contributed by atoms with E-state index in [1.807, 2.05) is 0 Å². The van der Waals surface area contributed by atoms with Gasteiger partial charge >= 0.3 is 6.18 Å². The molecule has 0 aliphatic heterocycles. The maximum absolute atomic E-state index is 12.8. The molecule has 0 aliphatic carbocycles. The number of methoxy groups -OCH3 is 1. The Morgan fingerprint density at radius 3 is 2.72 bits per heavy atom. The maximum Gasteiger partial charge on any atom is 0.416 e. The van der Waals surface area contributed by atoms with Crippen LogP contribution in [0.4, 0.5) is 18.3 Å². The second-order valence-corrected chi connectivity index (χ2v) is 6.39. The minimum Gasteiger partial charge on any atom is -0.494 e. The van der Waals surface area contributed by atoms with Gasteiger partial charge in [0.05, 0.1) is 22.4 Å². The molecule has 0 saturated heterocycles. The van der Waals surface area contributed by atoms with Crippen molar-refractivity contribution in [2.45, 2.75) is 6.18 Å². The van der Waals surface area contributed by atoms with Gasteiger partial charge in [-0.15, -0.1) is 0 Å². The molecule has 3 rings (SSSR count). The first-order valence-electron chi connectivity index (χ1n) is 6.91. The Morgan fingerprint density at radius 2 is 2.04 bits per heavy atom. The van der Waals surface area contributed by atoms with Crippen molar-refractivity contribution in [1.29, 1.82) is 0 Å². The zero-order valence-corrected chi connectivity index (χ0v) is 14.2. The van der Waals surface area contributed by atoms with Crippen LogP contribution in [0.5, 0.6) is 5.75 Å². The SMILES string of the molecule is COc1ccc(Cl)c2sc(NC(=O)c3cccc(C(F)(F)F)c3)nc12. The zero-order chi connectivity index (χ0) is 18.2. The third-order valence-electron chi connectivity index (χ3n) is 3.35. The van der Waals surface area contributed by atoms with Gasteiger partial charge in [0.15, 0.2) is 5.13 Å². The lowest BCUT2D eigenvalue weighted by Crippen LogP contribution is -2.13. The Labute approximate surface area is 149 Å². The second kappa shape index (κ2) is 6.53. The van der Waals surface area contributed by atoms with Crippen LogP contribution in [0.25, 0.3) is 10.2 Å². The number of nitrogens with one attached hydrogen (secondary N) is 1. The van der Waals surface area contributed by atoms with Gasteiger partial charge in [0.1, 0.15) is 11.3 Å². The molecular weight excluding hydrogens is 377 g/mol. The van der Waals surface area contributed by atoms with Gasteiger partial charge in [-0.25, -0.2) is 4.98 Å². The first-order chi connectivity index (χ1) is 11.8. The predicted molar refractivity (Wildman–Crippen MR) is 90.6 cm³/mol. The Kier molecular flexibility index (Phi) is 4.57. The highest BCUT2D eigenvalue weighted by molar-refractivity contribution is 7.23. The number of carbonyl (C=O) groups is 1. The highest BCUT2D eigenvalue weighted by Gasteiger charge is 2.31. The molecule has 3 aromatic rings. The van der Waals surface area contributed by atoms with E-state index in [0.29, 0.717) is 21.0 Å². The number of carbonyl (C=O) groups excluding carboxylic acids is 1. The number of anilines is 1. The largest absolute Gasteiger partial charge is 0.494 e. The summed E-state index contributed by atoms with van der Waals surface area (Å²) in [5.41, 5.74) is -0.541. The van der Waals surface area contributed by atoms with E-state index in [-0.39, 0.29) is 10.7 Å². The number of hydrogen-bond acceptors (Lipinski definition) is 4. The highest BCUT2D eigenvalue weighted by atomic mass is 35.5. The number of benzene rings is 2. The van der Waals surface area contributed by atoms with Crippen molar-refractivity contribution >= 4 is 44.2 Å². The standard InChI is InChI=1S/C16H10ClF3N2O2S/c1-24-11-6-5-10(17)13-12(11)21-15(25-13)22-14(23)8-3-2-4-9(7-8)16(18,19)20/h2-7H,1H3,(H,21,22,23). The molecule has 0 atom stereocenters. The lowest BCUT2D eigenvalue weighted by atomic mass is 10.1.